The number of benzene rings is 1. The monoisotopic (exact) mass is 277 g/mol. The van der Waals surface area contributed by atoms with Crippen molar-refractivity contribution in [1.82, 2.24) is 15.3 Å². The van der Waals surface area contributed by atoms with Crippen LogP contribution in [0.2, 0.25) is 0 Å². The number of nitrogens with zero attached hydrogens (tertiary/aromatic N) is 2. The number of fused-ring (bicyclic) bond motifs is 1. The van der Waals surface area contributed by atoms with Gasteiger partial charge < -0.3 is 5.32 Å². The number of hydrogen-bond donors (Lipinski definition) is 1. The summed E-state index contributed by atoms with van der Waals surface area (Å²) in [6.07, 6.45) is 5.10. The lowest BCUT2D eigenvalue weighted by Crippen LogP contribution is -2.24. The van der Waals surface area contributed by atoms with Crippen molar-refractivity contribution in [1.29, 1.82) is 0 Å². The van der Waals surface area contributed by atoms with E-state index in [1.54, 1.807) is 18.6 Å². The Morgan fingerprint density at radius 2 is 1.86 bits per heavy atom. The molecule has 21 heavy (non-hydrogen) atoms. The van der Waals surface area contributed by atoms with Crippen molar-refractivity contribution in [2.45, 2.75) is 13.5 Å². The minimum atomic E-state index is -0.164. The van der Waals surface area contributed by atoms with Crippen LogP contribution in [-0.2, 0) is 6.54 Å². The third kappa shape index (κ3) is 2.74. The number of carbonyl (C=O) groups is 1. The summed E-state index contributed by atoms with van der Waals surface area (Å²) in [5.74, 6) is -0.164. The van der Waals surface area contributed by atoms with Crippen molar-refractivity contribution in [2.24, 2.45) is 0 Å². The molecule has 0 bridgehead atoms. The summed E-state index contributed by atoms with van der Waals surface area (Å²) in [4.78, 5) is 20.5. The number of amides is 1. The van der Waals surface area contributed by atoms with Crippen molar-refractivity contribution < 1.29 is 4.79 Å². The number of hydrogen-bond acceptors (Lipinski definition) is 3. The van der Waals surface area contributed by atoms with Crippen LogP contribution >= 0.6 is 0 Å². The zero-order valence-electron chi connectivity index (χ0n) is 11.7. The number of rotatable bonds is 3. The largest absolute Gasteiger partial charge is 0.347 e. The summed E-state index contributed by atoms with van der Waals surface area (Å²) < 4.78 is 0. The van der Waals surface area contributed by atoms with Crippen molar-refractivity contribution in [3.8, 4) is 0 Å². The molecule has 2 heterocycles. The molecule has 0 atom stereocenters. The van der Waals surface area contributed by atoms with Crippen LogP contribution < -0.4 is 5.32 Å². The van der Waals surface area contributed by atoms with Gasteiger partial charge in [0, 0.05) is 30.5 Å². The van der Waals surface area contributed by atoms with Gasteiger partial charge in [-0.2, -0.15) is 0 Å². The van der Waals surface area contributed by atoms with Gasteiger partial charge in [0.25, 0.3) is 5.91 Å². The Morgan fingerprint density at radius 1 is 1.05 bits per heavy atom. The van der Waals surface area contributed by atoms with Crippen LogP contribution in [0.3, 0.4) is 0 Å². The first-order valence-electron chi connectivity index (χ1n) is 6.77. The van der Waals surface area contributed by atoms with E-state index in [1.165, 1.54) is 0 Å². The molecule has 4 nitrogen and oxygen atoms in total. The highest BCUT2D eigenvalue weighted by Crippen LogP contribution is 2.20. The van der Waals surface area contributed by atoms with Crippen LogP contribution in [0.15, 0.2) is 55.0 Å². The molecule has 3 aromatic rings. The molecule has 0 aliphatic rings. The number of aryl methyl sites for hydroxylation is 1. The summed E-state index contributed by atoms with van der Waals surface area (Å²) in [5.41, 5.74) is 2.61. The predicted octanol–water partition coefficient (Wildman–Crippen LogP) is 2.87. The lowest BCUT2D eigenvalue weighted by molar-refractivity contribution is 0.0948. The maximum absolute atomic E-state index is 12.4. The van der Waals surface area contributed by atoms with Gasteiger partial charge in [-0.15, -0.1) is 0 Å². The maximum atomic E-state index is 12.4. The van der Waals surface area contributed by atoms with E-state index in [4.69, 9.17) is 0 Å². The van der Waals surface area contributed by atoms with E-state index in [1.807, 2.05) is 43.3 Å². The molecule has 0 unspecified atom stereocenters. The third-order valence-corrected chi connectivity index (χ3v) is 3.44. The number of aromatic nitrogens is 2. The smallest absolute Gasteiger partial charge is 0.270 e. The first-order valence-corrected chi connectivity index (χ1v) is 6.77. The molecule has 0 spiro atoms. The van der Waals surface area contributed by atoms with E-state index in [-0.39, 0.29) is 5.91 Å². The summed E-state index contributed by atoms with van der Waals surface area (Å²) in [6.45, 7) is 2.49. The molecule has 104 valence electrons. The summed E-state index contributed by atoms with van der Waals surface area (Å²) in [5, 5.41) is 4.83. The fourth-order valence-electron chi connectivity index (χ4n) is 2.31. The predicted molar refractivity (Wildman–Crippen MR) is 81.9 cm³/mol. The Labute approximate surface area is 122 Å². The molecule has 0 aliphatic carbocycles. The fraction of sp³-hybridized carbons (Fsp3) is 0.118. The topological polar surface area (TPSA) is 54.9 Å². The van der Waals surface area contributed by atoms with Crippen LogP contribution in [0.4, 0.5) is 0 Å². The summed E-state index contributed by atoms with van der Waals surface area (Å²) >= 11 is 0. The van der Waals surface area contributed by atoms with Gasteiger partial charge in [0.15, 0.2) is 0 Å². The van der Waals surface area contributed by atoms with Crippen molar-refractivity contribution in [3.05, 3.63) is 71.8 Å². The van der Waals surface area contributed by atoms with Crippen LogP contribution in [0.1, 0.15) is 21.6 Å². The Balaban J connectivity index is 1.87. The Hall–Kier alpha value is -2.75. The zero-order chi connectivity index (χ0) is 14.7. The average Bonchev–Trinajstić information content (AvgIpc) is 2.53. The Bertz CT molecular complexity index is 784. The molecule has 1 N–H and O–H groups in total. The molecule has 0 saturated heterocycles. The highest BCUT2D eigenvalue weighted by molar-refractivity contribution is 6.05. The number of carbonyl (C=O) groups excluding carboxylic acids is 1. The number of nitrogens with one attached hydrogen (secondary N) is 1. The molecule has 3 rings (SSSR count). The SMILES string of the molecule is Cc1cccc2c(C(=O)NCc3ccncc3)nccc12. The molecular weight excluding hydrogens is 262 g/mol. The van der Waals surface area contributed by atoms with E-state index in [2.05, 4.69) is 15.3 Å². The lowest BCUT2D eigenvalue weighted by Gasteiger charge is -2.08. The van der Waals surface area contributed by atoms with Crippen LogP contribution in [0.5, 0.6) is 0 Å². The first-order chi connectivity index (χ1) is 10.3. The first kappa shape index (κ1) is 13.2. The quantitative estimate of drug-likeness (QED) is 0.801. The van der Waals surface area contributed by atoms with Gasteiger partial charge in [-0.1, -0.05) is 18.2 Å². The highest BCUT2D eigenvalue weighted by atomic mass is 16.1. The van der Waals surface area contributed by atoms with Crippen LogP contribution in [0.25, 0.3) is 10.8 Å². The van der Waals surface area contributed by atoms with E-state index >= 15 is 0 Å². The number of pyridine rings is 2. The lowest BCUT2D eigenvalue weighted by atomic mass is 10.0. The molecule has 0 radical (unpaired) electrons. The molecule has 2 aromatic heterocycles. The summed E-state index contributed by atoms with van der Waals surface area (Å²) in [7, 11) is 0. The molecule has 1 amide bonds. The molecular formula is C17H15N3O. The molecule has 4 heteroatoms. The van der Waals surface area contributed by atoms with Crippen LogP contribution in [-0.4, -0.2) is 15.9 Å². The minimum absolute atomic E-state index is 0.164. The second-order valence-corrected chi connectivity index (χ2v) is 4.87. The van der Waals surface area contributed by atoms with Gasteiger partial charge in [0.05, 0.1) is 0 Å². The minimum Gasteiger partial charge on any atom is -0.347 e. The fourth-order valence-corrected chi connectivity index (χ4v) is 2.31. The third-order valence-electron chi connectivity index (χ3n) is 3.44. The molecule has 0 fully saturated rings. The van der Waals surface area contributed by atoms with Crippen molar-refractivity contribution in [3.63, 3.8) is 0 Å². The van der Waals surface area contributed by atoms with Gasteiger partial charge in [0.2, 0.25) is 0 Å². The van der Waals surface area contributed by atoms with Gasteiger partial charge >= 0.3 is 0 Å². The Kier molecular flexibility index (Phi) is 3.60. The standard InChI is InChI=1S/C17H15N3O/c1-12-3-2-4-15-14(12)7-10-19-16(15)17(21)20-11-13-5-8-18-9-6-13/h2-10H,11H2,1H3,(H,20,21). The van der Waals surface area contributed by atoms with E-state index in [0.29, 0.717) is 12.2 Å². The normalized spacial score (nSPS) is 10.5. The van der Waals surface area contributed by atoms with Crippen molar-refractivity contribution >= 4 is 16.7 Å². The average molecular weight is 277 g/mol. The zero-order valence-corrected chi connectivity index (χ0v) is 11.7. The maximum Gasteiger partial charge on any atom is 0.270 e. The summed E-state index contributed by atoms with van der Waals surface area (Å²) in [6, 6.07) is 11.6. The van der Waals surface area contributed by atoms with E-state index in [9.17, 15) is 4.79 Å². The molecule has 0 saturated carbocycles. The van der Waals surface area contributed by atoms with Gasteiger partial charge in [-0.3, -0.25) is 14.8 Å². The second kappa shape index (κ2) is 5.71. The van der Waals surface area contributed by atoms with Gasteiger partial charge in [-0.25, -0.2) is 0 Å². The second-order valence-electron chi connectivity index (χ2n) is 4.87. The molecule has 1 aromatic carbocycles. The molecule has 0 aliphatic heterocycles. The van der Waals surface area contributed by atoms with Gasteiger partial charge in [-0.05, 0) is 41.6 Å². The van der Waals surface area contributed by atoms with E-state index < -0.39 is 0 Å². The van der Waals surface area contributed by atoms with Gasteiger partial charge in [0.1, 0.15) is 5.69 Å². The van der Waals surface area contributed by atoms with E-state index in [0.717, 1.165) is 21.9 Å². The Morgan fingerprint density at radius 3 is 2.67 bits per heavy atom. The van der Waals surface area contributed by atoms with Crippen LogP contribution in [0, 0.1) is 6.92 Å². The highest BCUT2D eigenvalue weighted by Gasteiger charge is 2.11. The van der Waals surface area contributed by atoms with Crippen molar-refractivity contribution in [2.75, 3.05) is 0 Å².